The Morgan fingerprint density at radius 3 is 2.43 bits per heavy atom. The van der Waals surface area contributed by atoms with Gasteiger partial charge in [0.1, 0.15) is 6.07 Å². The van der Waals surface area contributed by atoms with E-state index in [9.17, 15) is 10.5 Å². The van der Waals surface area contributed by atoms with Crippen molar-refractivity contribution in [2.24, 2.45) is 11.7 Å². The summed E-state index contributed by atoms with van der Waals surface area (Å²) >= 11 is 6.29. The maximum atomic E-state index is 9.47. The van der Waals surface area contributed by atoms with Gasteiger partial charge in [0.15, 0.2) is 0 Å². The molecule has 0 bridgehead atoms. The predicted molar refractivity (Wildman–Crippen MR) is 81.0 cm³/mol. The Balaban J connectivity index is 2.13. The standard InChI is InChI=1S/C17H14ClN3/c18-16-4-2-1-3-11(16)13-7-12(10-5-6-10)14(8-19)17(21)15(13)9-20/h1-4,10,13H,5-7,21H2. The van der Waals surface area contributed by atoms with Crippen molar-refractivity contribution in [3.05, 3.63) is 57.3 Å². The quantitative estimate of drug-likeness (QED) is 0.902. The van der Waals surface area contributed by atoms with Gasteiger partial charge in [-0.25, -0.2) is 0 Å². The minimum absolute atomic E-state index is 0.142. The molecule has 104 valence electrons. The van der Waals surface area contributed by atoms with Crippen molar-refractivity contribution in [2.45, 2.75) is 25.2 Å². The van der Waals surface area contributed by atoms with E-state index in [1.54, 1.807) is 0 Å². The molecule has 0 saturated heterocycles. The molecule has 21 heavy (non-hydrogen) atoms. The molecule has 0 spiro atoms. The van der Waals surface area contributed by atoms with E-state index in [-0.39, 0.29) is 5.92 Å². The predicted octanol–water partition coefficient (Wildman–Crippen LogP) is 3.79. The third-order valence-corrected chi connectivity index (χ3v) is 4.58. The van der Waals surface area contributed by atoms with Crippen molar-refractivity contribution >= 4 is 11.6 Å². The Labute approximate surface area is 128 Å². The van der Waals surface area contributed by atoms with E-state index in [1.807, 2.05) is 24.3 Å². The van der Waals surface area contributed by atoms with Crippen LogP contribution in [0.2, 0.25) is 5.02 Å². The summed E-state index contributed by atoms with van der Waals surface area (Å²) in [5.74, 6) is 0.305. The average Bonchev–Trinajstić information content (AvgIpc) is 3.31. The molecule has 0 amide bonds. The van der Waals surface area contributed by atoms with E-state index in [4.69, 9.17) is 17.3 Å². The van der Waals surface area contributed by atoms with Gasteiger partial charge in [-0.2, -0.15) is 10.5 Å². The molecule has 0 heterocycles. The van der Waals surface area contributed by atoms with Gasteiger partial charge in [0.25, 0.3) is 0 Å². The highest BCUT2D eigenvalue weighted by Gasteiger charge is 2.37. The van der Waals surface area contributed by atoms with Crippen LogP contribution in [-0.2, 0) is 0 Å². The normalized spacial score (nSPS) is 22.0. The van der Waals surface area contributed by atoms with Gasteiger partial charge in [0, 0.05) is 10.9 Å². The Kier molecular flexibility index (Phi) is 3.45. The van der Waals surface area contributed by atoms with Crippen LogP contribution < -0.4 is 5.73 Å². The molecule has 3 nitrogen and oxygen atoms in total. The van der Waals surface area contributed by atoms with Crippen LogP contribution in [0.15, 0.2) is 46.7 Å². The zero-order valence-corrected chi connectivity index (χ0v) is 12.2. The molecule has 1 saturated carbocycles. The van der Waals surface area contributed by atoms with E-state index in [0.29, 0.717) is 34.2 Å². The summed E-state index contributed by atoms with van der Waals surface area (Å²) in [5.41, 5.74) is 9.42. The van der Waals surface area contributed by atoms with Crippen LogP contribution in [0.1, 0.15) is 30.7 Å². The van der Waals surface area contributed by atoms with Crippen LogP contribution >= 0.6 is 11.6 Å². The third kappa shape index (κ3) is 2.31. The molecule has 0 radical (unpaired) electrons. The Bertz CT molecular complexity index is 742. The highest BCUT2D eigenvalue weighted by Crippen LogP contribution is 2.49. The number of halogens is 1. The van der Waals surface area contributed by atoms with Crippen molar-refractivity contribution in [3.63, 3.8) is 0 Å². The first-order valence-electron chi connectivity index (χ1n) is 6.95. The fourth-order valence-electron chi connectivity index (χ4n) is 3.02. The van der Waals surface area contributed by atoms with Gasteiger partial charge in [-0.05, 0) is 42.4 Å². The van der Waals surface area contributed by atoms with Gasteiger partial charge in [-0.3, -0.25) is 0 Å². The molecule has 2 N–H and O–H groups in total. The SMILES string of the molecule is N#CC1=C(C2CC2)CC(c2ccccc2Cl)C(C#N)=C1N. The molecule has 3 rings (SSSR count). The second-order valence-electron chi connectivity index (χ2n) is 5.50. The number of hydrogen-bond donors (Lipinski definition) is 1. The van der Waals surface area contributed by atoms with Gasteiger partial charge in [0.2, 0.25) is 0 Å². The first-order valence-corrected chi connectivity index (χ1v) is 7.32. The lowest BCUT2D eigenvalue weighted by Gasteiger charge is -2.26. The van der Waals surface area contributed by atoms with E-state index < -0.39 is 0 Å². The average molecular weight is 296 g/mol. The second-order valence-corrected chi connectivity index (χ2v) is 5.91. The highest BCUT2D eigenvalue weighted by atomic mass is 35.5. The minimum Gasteiger partial charge on any atom is -0.397 e. The number of nitriles is 2. The van der Waals surface area contributed by atoms with Gasteiger partial charge in [-0.1, -0.05) is 29.8 Å². The molecule has 1 unspecified atom stereocenters. The van der Waals surface area contributed by atoms with Gasteiger partial charge < -0.3 is 5.73 Å². The molecule has 0 aromatic heterocycles. The number of nitrogens with two attached hydrogens (primary N) is 1. The Hall–Kier alpha value is -2.23. The molecule has 1 aromatic carbocycles. The molecule has 1 aromatic rings. The molecule has 2 aliphatic carbocycles. The highest BCUT2D eigenvalue weighted by molar-refractivity contribution is 6.31. The monoisotopic (exact) mass is 295 g/mol. The molecule has 4 heteroatoms. The smallest absolute Gasteiger partial charge is 0.101 e. The first-order chi connectivity index (χ1) is 10.2. The van der Waals surface area contributed by atoms with E-state index in [2.05, 4.69) is 12.1 Å². The molecule has 0 aliphatic heterocycles. The van der Waals surface area contributed by atoms with E-state index in [1.165, 1.54) is 0 Å². The van der Waals surface area contributed by atoms with Gasteiger partial charge in [0.05, 0.1) is 22.9 Å². The first kappa shape index (κ1) is 13.7. The zero-order chi connectivity index (χ0) is 15.0. The van der Waals surface area contributed by atoms with Crippen molar-refractivity contribution < 1.29 is 0 Å². The lowest BCUT2D eigenvalue weighted by atomic mass is 9.77. The summed E-state index contributed by atoms with van der Waals surface area (Å²) in [5, 5.41) is 19.5. The van der Waals surface area contributed by atoms with Gasteiger partial charge >= 0.3 is 0 Å². The lowest BCUT2D eigenvalue weighted by molar-refractivity contribution is 0.719. The van der Waals surface area contributed by atoms with E-state index in [0.717, 1.165) is 24.0 Å². The largest absolute Gasteiger partial charge is 0.397 e. The van der Waals surface area contributed by atoms with Crippen LogP contribution in [0, 0.1) is 28.6 Å². The summed E-state index contributed by atoms with van der Waals surface area (Å²) in [6, 6.07) is 11.9. The number of benzene rings is 1. The second kappa shape index (κ2) is 5.28. The lowest BCUT2D eigenvalue weighted by Crippen LogP contribution is -2.19. The summed E-state index contributed by atoms with van der Waals surface area (Å²) in [4.78, 5) is 0. The summed E-state index contributed by atoms with van der Waals surface area (Å²) in [6.45, 7) is 0. The fraction of sp³-hybridized carbons (Fsp3) is 0.294. The van der Waals surface area contributed by atoms with Crippen LogP contribution in [0.25, 0.3) is 0 Å². The fourth-order valence-corrected chi connectivity index (χ4v) is 3.28. The van der Waals surface area contributed by atoms with Crippen LogP contribution in [0.5, 0.6) is 0 Å². The third-order valence-electron chi connectivity index (χ3n) is 4.24. The number of rotatable bonds is 2. The number of nitrogens with zero attached hydrogens (tertiary/aromatic N) is 2. The zero-order valence-electron chi connectivity index (χ0n) is 11.4. The summed E-state index contributed by atoms with van der Waals surface area (Å²) < 4.78 is 0. The van der Waals surface area contributed by atoms with Crippen molar-refractivity contribution in [1.29, 1.82) is 10.5 Å². The minimum atomic E-state index is -0.142. The van der Waals surface area contributed by atoms with Crippen LogP contribution in [-0.4, -0.2) is 0 Å². The Morgan fingerprint density at radius 1 is 1.14 bits per heavy atom. The molecule has 1 atom stereocenters. The molecule has 2 aliphatic rings. The number of allylic oxidation sites excluding steroid dienone is 3. The molecular weight excluding hydrogens is 282 g/mol. The van der Waals surface area contributed by atoms with Crippen molar-refractivity contribution in [2.75, 3.05) is 0 Å². The Morgan fingerprint density at radius 2 is 1.86 bits per heavy atom. The van der Waals surface area contributed by atoms with Crippen molar-refractivity contribution in [3.8, 4) is 12.1 Å². The summed E-state index contributed by atoms with van der Waals surface area (Å²) in [6.07, 6.45) is 2.87. The summed E-state index contributed by atoms with van der Waals surface area (Å²) in [7, 11) is 0. The van der Waals surface area contributed by atoms with E-state index >= 15 is 0 Å². The molecular formula is C17H14ClN3. The maximum Gasteiger partial charge on any atom is 0.101 e. The number of hydrogen-bond acceptors (Lipinski definition) is 3. The molecule has 1 fully saturated rings. The van der Waals surface area contributed by atoms with Gasteiger partial charge in [-0.15, -0.1) is 0 Å². The topological polar surface area (TPSA) is 73.6 Å². The van der Waals surface area contributed by atoms with Crippen molar-refractivity contribution in [1.82, 2.24) is 0 Å². The van der Waals surface area contributed by atoms with Crippen LogP contribution in [0.3, 0.4) is 0 Å². The maximum absolute atomic E-state index is 9.47. The van der Waals surface area contributed by atoms with Crippen LogP contribution in [0.4, 0.5) is 0 Å².